The van der Waals surface area contributed by atoms with Crippen LogP contribution in [0.15, 0.2) is 59.1 Å². The highest BCUT2D eigenvalue weighted by atomic mass is 16.6. The van der Waals surface area contributed by atoms with Gasteiger partial charge in [0.05, 0.1) is 10.5 Å². The van der Waals surface area contributed by atoms with Crippen molar-refractivity contribution >= 4 is 23.0 Å². The fraction of sp³-hybridized carbons (Fsp3) is 0.111. The molecule has 3 rings (SSSR count). The zero-order valence-corrected chi connectivity index (χ0v) is 13.8. The summed E-state index contributed by atoms with van der Waals surface area (Å²) in [6, 6.07) is 14.8. The maximum atomic E-state index is 12.1. The van der Waals surface area contributed by atoms with E-state index in [0.29, 0.717) is 17.1 Å². The number of ether oxygens (including phenoxy) is 1. The molecule has 1 aromatic heterocycles. The highest BCUT2D eigenvalue weighted by Crippen LogP contribution is 2.29. The number of anilines is 2. The highest BCUT2D eigenvalue weighted by molar-refractivity contribution is 5.91. The van der Waals surface area contributed by atoms with E-state index < -0.39 is 10.9 Å². The summed E-state index contributed by atoms with van der Waals surface area (Å²) in [6.45, 7) is 1.65. The van der Waals surface area contributed by atoms with Crippen LogP contribution in [0.25, 0.3) is 0 Å². The molecule has 0 amide bonds. The summed E-state index contributed by atoms with van der Waals surface area (Å²) in [4.78, 5) is 23.0. The third-order valence-electron chi connectivity index (χ3n) is 3.51. The van der Waals surface area contributed by atoms with E-state index in [0.717, 1.165) is 0 Å². The molecule has 8 heteroatoms. The fourth-order valence-corrected chi connectivity index (χ4v) is 2.30. The Hall–Kier alpha value is -3.68. The second-order valence-corrected chi connectivity index (χ2v) is 5.49. The summed E-state index contributed by atoms with van der Waals surface area (Å²) in [7, 11) is 0. The van der Waals surface area contributed by atoms with Crippen LogP contribution in [0.5, 0.6) is 0 Å². The van der Waals surface area contributed by atoms with E-state index in [1.54, 1.807) is 25.1 Å². The van der Waals surface area contributed by atoms with Crippen molar-refractivity contribution in [2.24, 2.45) is 0 Å². The number of rotatable bonds is 6. The molecule has 0 aliphatic heterocycles. The third-order valence-corrected chi connectivity index (χ3v) is 3.51. The molecule has 0 atom stereocenters. The lowest BCUT2D eigenvalue weighted by Crippen LogP contribution is -2.07. The molecule has 0 spiro atoms. The van der Waals surface area contributed by atoms with Gasteiger partial charge in [0.15, 0.2) is 0 Å². The van der Waals surface area contributed by atoms with Gasteiger partial charge in [0.2, 0.25) is 0 Å². The number of hydrogen-bond acceptors (Lipinski definition) is 7. The summed E-state index contributed by atoms with van der Waals surface area (Å²) in [5, 5.41) is 18.0. The molecule has 26 heavy (non-hydrogen) atoms. The van der Waals surface area contributed by atoms with Crippen molar-refractivity contribution in [3.05, 3.63) is 81.7 Å². The van der Waals surface area contributed by atoms with Crippen LogP contribution < -0.4 is 5.32 Å². The first kappa shape index (κ1) is 17.2. The number of aromatic nitrogens is 1. The summed E-state index contributed by atoms with van der Waals surface area (Å²) in [5.74, 6) is -0.0805. The number of benzene rings is 2. The van der Waals surface area contributed by atoms with Crippen molar-refractivity contribution in [3.8, 4) is 0 Å². The average Bonchev–Trinajstić information content (AvgIpc) is 3.06. The molecule has 0 radical (unpaired) electrons. The summed E-state index contributed by atoms with van der Waals surface area (Å²) < 4.78 is 10.0. The number of nitro groups is 1. The van der Waals surface area contributed by atoms with Crippen LogP contribution in [0.2, 0.25) is 0 Å². The lowest BCUT2D eigenvalue weighted by molar-refractivity contribution is -0.383. The van der Waals surface area contributed by atoms with Crippen LogP contribution in [0.4, 0.5) is 17.1 Å². The van der Waals surface area contributed by atoms with Crippen LogP contribution in [0.3, 0.4) is 0 Å². The van der Waals surface area contributed by atoms with Crippen molar-refractivity contribution in [2.45, 2.75) is 13.5 Å². The minimum atomic E-state index is -0.681. The van der Waals surface area contributed by atoms with E-state index in [1.807, 2.05) is 18.2 Å². The normalized spacial score (nSPS) is 10.3. The lowest BCUT2D eigenvalue weighted by atomic mass is 10.1. The summed E-state index contributed by atoms with van der Waals surface area (Å²) >= 11 is 0. The second kappa shape index (κ2) is 7.47. The molecule has 3 aromatic rings. The van der Waals surface area contributed by atoms with E-state index >= 15 is 0 Å². The van der Waals surface area contributed by atoms with E-state index in [4.69, 9.17) is 9.26 Å². The van der Waals surface area contributed by atoms with Crippen LogP contribution in [-0.2, 0) is 11.3 Å². The molecular weight excluding hydrogens is 338 g/mol. The number of hydrogen-bond donors (Lipinski definition) is 1. The average molecular weight is 353 g/mol. The van der Waals surface area contributed by atoms with E-state index in [9.17, 15) is 14.9 Å². The van der Waals surface area contributed by atoms with Gasteiger partial charge in [-0.1, -0.05) is 23.4 Å². The maximum absolute atomic E-state index is 12.1. The molecular formula is C18H15N3O5. The number of para-hydroxylation sites is 1. The van der Waals surface area contributed by atoms with E-state index in [-0.39, 0.29) is 23.5 Å². The topological polar surface area (TPSA) is 108 Å². The van der Waals surface area contributed by atoms with Crippen molar-refractivity contribution in [1.29, 1.82) is 0 Å². The molecule has 0 fully saturated rings. The standard InChI is InChI=1S/C18H15N3O5/c1-12-9-15(20-26-12)11-25-18(22)13-7-8-16(17(10-13)21(23)24)19-14-5-3-2-4-6-14/h2-10,19H,11H2,1H3. The number of aryl methyl sites for hydroxylation is 1. The van der Waals surface area contributed by atoms with Gasteiger partial charge in [0.1, 0.15) is 23.7 Å². The molecule has 0 bridgehead atoms. The van der Waals surface area contributed by atoms with Gasteiger partial charge in [-0.15, -0.1) is 0 Å². The molecule has 132 valence electrons. The van der Waals surface area contributed by atoms with Gasteiger partial charge >= 0.3 is 5.97 Å². The molecule has 1 N–H and O–H groups in total. The van der Waals surface area contributed by atoms with Crippen LogP contribution in [0, 0.1) is 17.0 Å². The quantitative estimate of drug-likeness (QED) is 0.405. The predicted octanol–water partition coefficient (Wildman–Crippen LogP) is 3.99. The second-order valence-electron chi connectivity index (χ2n) is 5.49. The smallest absolute Gasteiger partial charge is 0.338 e. The lowest BCUT2D eigenvalue weighted by Gasteiger charge is -2.08. The number of nitro benzene ring substituents is 1. The Bertz CT molecular complexity index is 937. The van der Waals surface area contributed by atoms with Gasteiger partial charge in [-0.2, -0.15) is 0 Å². The summed E-state index contributed by atoms with van der Waals surface area (Å²) in [6.07, 6.45) is 0. The first-order chi connectivity index (χ1) is 12.5. The zero-order chi connectivity index (χ0) is 18.5. The van der Waals surface area contributed by atoms with Crippen molar-refractivity contribution in [2.75, 3.05) is 5.32 Å². The number of nitrogens with zero attached hydrogens (tertiary/aromatic N) is 2. The first-order valence-electron chi connectivity index (χ1n) is 7.73. The molecule has 0 unspecified atom stereocenters. The molecule has 1 heterocycles. The van der Waals surface area contributed by atoms with Crippen LogP contribution in [-0.4, -0.2) is 16.0 Å². The predicted molar refractivity (Wildman–Crippen MR) is 93.2 cm³/mol. The monoisotopic (exact) mass is 353 g/mol. The highest BCUT2D eigenvalue weighted by Gasteiger charge is 2.19. The van der Waals surface area contributed by atoms with Gasteiger partial charge < -0.3 is 14.6 Å². The van der Waals surface area contributed by atoms with Gasteiger partial charge in [-0.25, -0.2) is 4.79 Å². The Morgan fingerprint density at radius 2 is 2.00 bits per heavy atom. The molecule has 8 nitrogen and oxygen atoms in total. The van der Waals surface area contributed by atoms with Gasteiger partial charge in [-0.05, 0) is 31.2 Å². The minimum absolute atomic E-state index is 0.0754. The van der Waals surface area contributed by atoms with Gasteiger partial charge in [0.25, 0.3) is 5.69 Å². The minimum Gasteiger partial charge on any atom is -0.455 e. The largest absolute Gasteiger partial charge is 0.455 e. The Balaban J connectivity index is 1.77. The van der Waals surface area contributed by atoms with Gasteiger partial charge in [-0.3, -0.25) is 10.1 Å². The Morgan fingerprint density at radius 1 is 1.23 bits per heavy atom. The first-order valence-corrected chi connectivity index (χ1v) is 7.73. The van der Waals surface area contributed by atoms with Crippen molar-refractivity contribution in [1.82, 2.24) is 5.16 Å². The summed E-state index contributed by atoms with van der Waals surface area (Å²) in [5.41, 5.74) is 1.31. The Labute approximate surface area is 148 Å². The van der Waals surface area contributed by atoms with E-state index in [1.165, 1.54) is 18.2 Å². The van der Waals surface area contributed by atoms with Crippen LogP contribution in [0.1, 0.15) is 21.8 Å². The molecule has 0 saturated carbocycles. The molecule has 2 aromatic carbocycles. The fourth-order valence-electron chi connectivity index (χ4n) is 2.30. The molecule has 0 saturated heterocycles. The van der Waals surface area contributed by atoms with E-state index in [2.05, 4.69) is 10.5 Å². The molecule has 0 aliphatic carbocycles. The Morgan fingerprint density at radius 3 is 2.65 bits per heavy atom. The Kier molecular flexibility index (Phi) is 4.93. The zero-order valence-electron chi connectivity index (χ0n) is 13.8. The number of nitrogens with one attached hydrogen (secondary N) is 1. The van der Waals surface area contributed by atoms with Crippen LogP contribution >= 0.6 is 0 Å². The SMILES string of the molecule is Cc1cc(COC(=O)c2ccc(Nc3ccccc3)c([N+](=O)[O-])c2)no1. The third kappa shape index (κ3) is 4.04. The number of esters is 1. The van der Waals surface area contributed by atoms with Crippen molar-refractivity contribution in [3.63, 3.8) is 0 Å². The number of carbonyl (C=O) groups is 1. The van der Waals surface area contributed by atoms with Crippen molar-refractivity contribution < 1.29 is 19.0 Å². The maximum Gasteiger partial charge on any atom is 0.338 e. The molecule has 0 aliphatic rings. The number of carbonyl (C=O) groups excluding carboxylic acids is 1. The van der Waals surface area contributed by atoms with Gasteiger partial charge in [0, 0.05) is 17.8 Å².